The van der Waals surface area contributed by atoms with Gasteiger partial charge in [0.2, 0.25) is 0 Å². The van der Waals surface area contributed by atoms with Crippen molar-refractivity contribution in [2.24, 2.45) is 0 Å². The fraction of sp³-hybridized carbons (Fsp3) is 0.429. The molecule has 30 heavy (non-hydrogen) atoms. The van der Waals surface area contributed by atoms with E-state index in [1.807, 2.05) is 32.0 Å². The number of sulfone groups is 2. The van der Waals surface area contributed by atoms with E-state index >= 15 is 0 Å². The van der Waals surface area contributed by atoms with Gasteiger partial charge >= 0.3 is 0 Å². The second kappa shape index (κ2) is 8.95. The minimum atomic E-state index is -3.85. The van der Waals surface area contributed by atoms with E-state index in [4.69, 9.17) is 9.47 Å². The van der Waals surface area contributed by atoms with Crippen LogP contribution in [0.2, 0.25) is 0 Å². The van der Waals surface area contributed by atoms with Gasteiger partial charge in [0.25, 0.3) is 0 Å². The molecule has 2 aromatic carbocycles. The van der Waals surface area contributed by atoms with Crippen molar-refractivity contribution in [3.63, 3.8) is 0 Å². The number of benzene rings is 2. The van der Waals surface area contributed by atoms with Crippen molar-refractivity contribution in [1.82, 2.24) is 5.32 Å². The molecule has 1 fully saturated rings. The Morgan fingerprint density at radius 1 is 1.07 bits per heavy atom. The molecule has 0 amide bonds. The van der Waals surface area contributed by atoms with Crippen molar-refractivity contribution in [3.05, 3.63) is 54.1 Å². The van der Waals surface area contributed by atoms with Crippen LogP contribution >= 0.6 is 0 Å². The van der Waals surface area contributed by atoms with Crippen LogP contribution < -0.4 is 14.8 Å². The van der Waals surface area contributed by atoms with E-state index in [-0.39, 0.29) is 16.8 Å². The number of para-hydroxylation sites is 1. The van der Waals surface area contributed by atoms with Crippen molar-refractivity contribution in [2.75, 3.05) is 18.6 Å². The van der Waals surface area contributed by atoms with Gasteiger partial charge in [0.15, 0.2) is 19.7 Å². The van der Waals surface area contributed by atoms with Gasteiger partial charge in [0.1, 0.15) is 11.5 Å². The monoisotopic (exact) mass is 453 g/mol. The standard InChI is InChI=1S/C21H27NO6S2/c1-15(2)28-17-8-10-18(11-9-17)30(25,26)21-14-29(23,24)13-19(21)22-12-16-6-4-5-7-20(16)27-3/h4-11,15,19,21-22H,12-14H2,1-3H3/t19-,21-/m0/s1. The van der Waals surface area contributed by atoms with E-state index < -0.39 is 36.7 Å². The zero-order valence-corrected chi connectivity index (χ0v) is 18.9. The largest absolute Gasteiger partial charge is 0.496 e. The highest BCUT2D eigenvalue weighted by atomic mass is 32.2. The Balaban J connectivity index is 1.82. The molecular weight excluding hydrogens is 426 g/mol. The third-order valence-electron chi connectivity index (χ3n) is 4.97. The van der Waals surface area contributed by atoms with E-state index in [0.29, 0.717) is 18.0 Å². The molecule has 2 aromatic rings. The first-order chi connectivity index (χ1) is 14.1. The van der Waals surface area contributed by atoms with E-state index in [2.05, 4.69) is 5.32 Å². The average molecular weight is 454 g/mol. The number of hydrogen-bond donors (Lipinski definition) is 1. The first-order valence-corrected chi connectivity index (χ1v) is 13.1. The van der Waals surface area contributed by atoms with Gasteiger partial charge < -0.3 is 14.8 Å². The second-order valence-corrected chi connectivity index (χ2v) is 11.9. The average Bonchev–Trinajstić information content (AvgIpc) is 3.02. The summed E-state index contributed by atoms with van der Waals surface area (Å²) in [6, 6.07) is 12.7. The van der Waals surface area contributed by atoms with Crippen molar-refractivity contribution in [1.29, 1.82) is 0 Å². The Kier molecular flexibility index (Phi) is 6.74. The molecule has 0 saturated carbocycles. The predicted octanol–water partition coefficient (Wildman–Crippen LogP) is 2.21. The zero-order valence-electron chi connectivity index (χ0n) is 17.2. The van der Waals surface area contributed by atoms with Crippen molar-refractivity contribution in [3.8, 4) is 11.5 Å². The molecule has 1 heterocycles. The smallest absolute Gasteiger partial charge is 0.183 e. The Hall–Kier alpha value is -2.10. The first-order valence-electron chi connectivity index (χ1n) is 9.69. The summed E-state index contributed by atoms with van der Waals surface area (Å²) < 4.78 is 61.9. The molecule has 0 aromatic heterocycles. The summed E-state index contributed by atoms with van der Waals surface area (Å²) in [5.41, 5.74) is 0.829. The number of methoxy groups -OCH3 is 1. The highest BCUT2D eigenvalue weighted by Gasteiger charge is 2.45. The van der Waals surface area contributed by atoms with Crippen molar-refractivity contribution >= 4 is 19.7 Å². The molecule has 1 aliphatic rings. The lowest BCUT2D eigenvalue weighted by Gasteiger charge is -2.21. The van der Waals surface area contributed by atoms with Crippen LogP contribution in [-0.4, -0.2) is 52.8 Å². The highest BCUT2D eigenvalue weighted by molar-refractivity contribution is 7.96. The Labute approximate surface area is 178 Å². The van der Waals surface area contributed by atoms with Crippen LogP contribution in [0, 0.1) is 0 Å². The molecule has 0 radical (unpaired) electrons. The molecular formula is C21H27NO6S2. The lowest BCUT2D eigenvalue weighted by Crippen LogP contribution is -2.43. The first kappa shape index (κ1) is 22.6. The van der Waals surface area contributed by atoms with E-state index in [9.17, 15) is 16.8 Å². The summed E-state index contributed by atoms with van der Waals surface area (Å²) in [4.78, 5) is 0.0878. The molecule has 0 aliphatic carbocycles. The van der Waals surface area contributed by atoms with E-state index in [1.54, 1.807) is 25.3 Å². The Morgan fingerprint density at radius 2 is 1.73 bits per heavy atom. The SMILES string of the molecule is COc1ccccc1CN[C@H]1CS(=O)(=O)C[C@@H]1S(=O)(=O)c1ccc(OC(C)C)cc1. The number of rotatable bonds is 8. The van der Waals surface area contributed by atoms with Gasteiger partial charge in [-0.15, -0.1) is 0 Å². The summed E-state index contributed by atoms with van der Waals surface area (Å²) in [5.74, 6) is 0.601. The maximum Gasteiger partial charge on any atom is 0.183 e. The van der Waals surface area contributed by atoms with E-state index in [1.165, 1.54) is 12.1 Å². The summed E-state index contributed by atoms with van der Waals surface area (Å²) >= 11 is 0. The van der Waals surface area contributed by atoms with Crippen LogP contribution in [-0.2, 0) is 26.2 Å². The lowest BCUT2D eigenvalue weighted by molar-refractivity contribution is 0.242. The molecule has 0 unspecified atom stereocenters. The fourth-order valence-corrected chi connectivity index (χ4v) is 8.27. The molecule has 164 valence electrons. The molecule has 0 spiro atoms. The number of ether oxygens (including phenoxy) is 2. The van der Waals surface area contributed by atoms with Crippen LogP contribution in [0.3, 0.4) is 0 Å². The summed E-state index contributed by atoms with van der Waals surface area (Å²) in [6.07, 6.45) is -0.0315. The molecule has 7 nitrogen and oxygen atoms in total. The van der Waals surface area contributed by atoms with Crippen LogP contribution in [0.4, 0.5) is 0 Å². The Morgan fingerprint density at radius 3 is 2.37 bits per heavy atom. The third-order valence-corrected chi connectivity index (χ3v) is 9.14. The molecule has 1 aliphatic heterocycles. The van der Waals surface area contributed by atoms with Gasteiger partial charge in [-0.1, -0.05) is 18.2 Å². The normalized spacial score (nSPS) is 20.9. The molecule has 1 N–H and O–H groups in total. The van der Waals surface area contributed by atoms with Crippen LogP contribution in [0.1, 0.15) is 19.4 Å². The van der Waals surface area contributed by atoms with Gasteiger partial charge in [-0.3, -0.25) is 0 Å². The van der Waals surface area contributed by atoms with Gasteiger partial charge in [-0.05, 0) is 44.2 Å². The topological polar surface area (TPSA) is 98.8 Å². The van der Waals surface area contributed by atoms with E-state index in [0.717, 1.165) is 5.56 Å². The zero-order chi connectivity index (χ0) is 21.9. The van der Waals surface area contributed by atoms with Gasteiger partial charge in [0.05, 0.1) is 34.9 Å². The summed E-state index contributed by atoms with van der Waals surface area (Å²) in [7, 11) is -5.78. The Bertz CT molecular complexity index is 1080. The van der Waals surface area contributed by atoms with Gasteiger partial charge in [-0.25, -0.2) is 16.8 Å². The minimum Gasteiger partial charge on any atom is -0.496 e. The second-order valence-electron chi connectivity index (χ2n) is 7.60. The lowest BCUT2D eigenvalue weighted by atomic mass is 10.1. The van der Waals surface area contributed by atoms with Crippen LogP contribution in [0.15, 0.2) is 53.4 Å². The van der Waals surface area contributed by atoms with Crippen molar-refractivity contribution in [2.45, 2.75) is 42.7 Å². The highest BCUT2D eigenvalue weighted by Crippen LogP contribution is 2.28. The maximum atomic E-state index is 13.2. The van der Waals surface area contributed by atoms with Crippen LogP contribution in [0.25, 0.3) is 0 Å². The minimum absolute atomic E-state index is 0.0315. The van der Waals surface area contributed by atoms with Crippen LogP contribution in [0.5, 0.6) is 11.5 Å². The molecule has 9 heteroatoms. The molecule has 2 atom stereocenters. The maximum absolute atomic E-state index is 13.2. The summed E-state index contributed by atoms with van der Waals surface area (Å²) in [6.45, 7) is 4.06. The van der Waals surface area contributed by atoms with Gasteiger partial charge in [-0.2, -0.15) is 0 Å². The molecule has 0 bridgehead atoms. The predicted molar refractivity (Wildman–Crippen MR) is 115 cm³/mol. The summed E-state index contributed by atoms with van der Waals surface area (Å²) in [5, 5.41) is 2.07. The molecule has 1 saturated heterocycles. The fourth-order valence-electron chi connectivity index (χ4n) is 3.56. The number of nitrogens with one attached hydrogen (secondary N) is 1. The molecule has 3 rings (SSSR count). The third kappa shape index (κ3) is 5.14. The van der Waals surface area contributed by atoms with Crippen molar-refractivity contribution < 1.29 is 26.3 Å². The quantitative estimate of drug-likeness (QED) is 0.654. The van der Waals surface area contributed by atoms with Gasteiger partial charge in [0, 0.05) is 18.2 Å². The number of hydrogen-bond acceptors (Lipinski definition) is 7.